The Balaban J connectivity index is 1.91. The van der Waals surface area contributed by atoms with Gasteiger partial charge in [0.1, 0.15) is 0 Å². The molecule has 0 radical (unpaired) electrons. The molecule has 4 saturated carbocycles. The lowest BCUT2D eigenvalue weighted by Crippen LogP contribution is -2.63. The van der Waals surface area contributed by atoms with Crippen LogP contribution in [0.1, 0.15) is 32.1 Å². The van der Waals surface area contributed by atoms with E-state index in [1.54, 1.807) is 0 Å². The first-order valence-corrected chi connectivity index (χ1v) is 8.39. The molecular weight excluding hydrogens is 254 g/mol. The van der Waals surface area contributed by atoms with E-state index in [9.17, 15) is 13.2 Å². The molecule has 18 heavy (non-hydrogen) atoms. The summed E-state index contributed by atoms with van der Waals surface area (Å²) >= 11 is 0. The van der Waals surface area contributed by atoms with Crippen LogP contribution in [0.5, 0.6) is 0 Å². The molecule has 0 heterocycles. The molecule has 2 atom stereocenters. The quantitative estimate of drug-likeness (QED) is 0.793. The van der Waals surface area contributed by atoms with Crippen LogP contribution in [-0.4, -0.2) is 36.7 Å². The van der Waals surface area contributed by atoms with Gasteiger partial charge < -0.3 is 10.4 Å². The molecule has 2 unspecified atom stereocenters. The molecule has 4 aliphatic rings. The van der Waals surface area contributed by atoms with Gasteiger partial charge in [-0.3, -0.25) is 0 Å². The van der Waals surface area contributed by atoms with Crippen LogP contribution in [0.3, 0.4) is 0 Å². The van der Waals surface area contributed by atoms with Crippen molar-refractivity contribution in [3.05, 3.63) is 0 Å². The van der Waals surface area contributed by atoms with E-state index < -0.39 is 20.7 Å². The van der Waals surface area contributed by atoms with Crippen molar-refractivity contribution in [3.63, 3.8) is 0 Å². The van der Waals surface area contributed by atoms with Crippen LogP contribution >= 0.6 is 0 Å². The molecule has 4 rings (SSSR count). The van der Waals surface area contributed by atoms with E-state index in [1.165, 1.54) is 6.26 Å². The fourth-order valence-corrected chi connectivity index (χ4v) is 6.35. The molecular formula is C12H19NO4S. The minimum Gasteiger partial charge on any atom is -0.465 e. The third-order valence-corrected chi connectivity index (χ3v) is 7.37. The standard InChI is InChI=1S/C12H19NO4S/c1-18(16,17)12-4-7-2-8(5-12)10(13-11(14)15)9(3-7)6-12/h7-10,13H,2-6H2,1H3,(H,14,15). The Kier molecular flexibility index (Phi) is 2.47. The second kappa shape index (κ2) is 3.62. The molecule has 2 N–H and O–H groups in total. The first kappa shape index (κ1) is 12.3. The van der Waals surface area contributed by atoms with Crippen LogP contribution in [0.15, 0.2) is 0 Å². The number of hydrogen-bond acceptors (Lipinski definition) is 3. The van der Waals surface area contributed by atoms with Gasteiger partial charge in [-0.25, -0.2) is 13.2 Å². The second-order valence-electron chi connectivity index (χ2n) is 6.40. The average Bonchev–Trinajstić information content (AvgIpc) is 2.20. The third-order valence-electron chi connectivity index (χ3n) is 5.29. The van der Waals surface area contributed by atoms with Crippen molar-refractivity contribution in [1.82, 2.24) is 5.32 Å². The molecule has 4 fully saturated rings. The Morgan fingerprint density at radius 3 is 2.22 bits per heavy atom. The van der Waals surface area contributed by atoms with Gasteiger partial charge in [-0.2, -0.15) is 0 Å². The van der Waals surface area contributed by atoms with Gasteiger partial charge in [0, 0.05) is 12.3 Å². The van der Waals surface area contributed by atoms with Crippen molar-refractivity contribution in [2.75, 3.05) is 6.26 Å². The van der Waals surface area contributed by atoms with Gasteiger partial charge in [0.05, 0.1) is 4.75 Å². The molecule has 4 bridgehead atoms. The van der Waals surface area contributed by atoms with Gasteiger partial charge in [-0.15, -0.1) is 0 Å². The molecule has 4 aliphatic carbocycles. The van der Waals surface area contributed by atoms with Crippen molar-refractivity contribution in [2.24, 2.45) is 17.8 Å². The molecule has 0 aliphatic heterocycles. The molecule has 102 valence electrons. The van der Waals surface area contributed by atoms with Crippen molar-refractivity contribution >= 4 is 15.9 Å². The summed E-state index contributed by atoms with van der Waals surface area (Å²) in [5.74, 6) is 0.896. The highest BCUT2D eigenvalue weighted by Gasteiger charge is 2.59. The van der Waals surface area contributed by atoms with Crippen molar-refractivity contribution < 1.29 is 18.3 Å². The molecule has 1 amide bonds. The third kappa shape index (κ3) is 1.65. The number of carbonyl (C=O) groups is 1. The number of hydrogen-bond donors (Lipinski definition) is 2. The maximum Gasteiger partial charge on any atom is 0.404 e. The van der Waals surface area contributed by atoms with E-state index >= 15 is 0 Å². The zero-order valence-electron chi connectivity index (χ0n) is 10.4. The highest BCUT2D eigenvalue weighted by atomic mass is 32.2. The fourth-order valence-electron chi connectivity index (χ4n) is 4.78. The molecule has 0 aromatic rings. The number of sulfone groups is 1. The minimum atomic E-state index is -3.05. The molecule has 0 aromatic carbocycles. The topological polar surface area (TPSA) is 83.5 Å². The Labute approximate surface area is 107 Å². The van der Waals surface area contributed by atoms with Gasteiger partial charge in [0.25, 0.3) is 0 Å². The summed E-state index contributed by atoms with van der Waals surface area (Å²) in [5.41, 5.74) is 0. The van der Waals surface area contributed by atoms with E-state index in [1.807, 2.05) is 0 Å². The van der Waals surface area contributed by atoms with Gasteiger partial charge in [-0.05, 0) is 49.9 Å². The Morgan fingerprint density at radius 2 is 1.78 bits per heavy atom. The maximum atomic E-state index is 12.1. The van der Waals surface area contributed by atoms with Gasteiger partial charge in [0.2, 0.25) is 0 Å². The SMILES string of the molecule is CS(=O)(=O)C12CC3CC(C1)C(NC(=O)O)C(C3)C2. The summed E-state index contributed by atoms with van der Waals surface area (Å²) in [6.45, 7) is 0. The summed E-state index contributed by atoms with van der Waals surface area (Å²) in [5, 5.41) is 11.5. The molecule has 5 nitrogen and oxygen atoms in total. The number of nitrogens with one attached hydrogen (secondary N) is 1. The molecule has 0 spiro atoms. The predicted octanol–water partition coefficient (Wildman–Crippen LogP) is 1.25. The predicted molar refractivity (Wildman–Crippen MR) is 66.1 cm³/mol. The van der Waals surface area contributed by atoms with Crippen LogP contribution in [0.4, 0.5) is 4.79 Å². The van der Waals surface area contributed by atoms with Crippen molar-refractivity contribution in [1.29, 1.82) is 0 Å². The maximum absolute atomic E-state index is 12.1. The molecule has 0 saturated heterocycles. The largest absolute Gasteiger partial charge is 0.465 e. The zero-order valence-corrected chi connectivity index (χ0v) is 11.2. The van der Waals surface area contributed by atoms with E-state index in [-0.39, 0.29) is 17.9 Å². The Morgan fingerprint density at radius 1 is 1.22 bits per heavy atom. The first-order valence-electron chi connectivity index (χ1n) is 6.50. The summed E-state index contributed by atoms with van der Waals surface area (Å²) in [7, 11) is -3.05. The molecule has 0 aromatic heterocycles. The lowest BCUT2D eigenvalue weighted by molar-refractivity contribution is 0.000776. The highest BCUT2D eigenvalue weighted by molar-refractivity contribution is 7.92. The fraction of sp³-hybridized carbons (Fsp3) is 0.917. The number of rotatable bonds is 2. The van der Waals surface area contributed by atoms with Crippen LogP contribution in [0, 0.1) is 17.8 Å². The Bertz CT molecular complexity index is 470. The smallest absolute Gasteiger partial charge is 0.404 e. The monoisotopic (exact) mass is 273 g/mol. The lowest BCUT2D eigenvalue weighted by atomic mass is 9.53. The summed E-state index contributed by atoms with van der Waals surface area (Å²) < 4.78 is 23.6. The number of amides is 1. The van der Waals surface area contributed by atoms with E-state index in [4.69, 9.17) is 5.11 Å². The first-order chi connectivity index (χ1) is 8.31. The van der Waals surface area contributed by atoms with E-state index in [2.05, 4.69) is 5.32 Å². The van der Waals surface area contributed by atoms with Crippen LogP contribution in [0.25, 0.3) is 0 Å². The van der Waals surface area contributed by atoms with E-state index in [0.29, 0.717) is 18.8 Å². The van der Waals surface area contributed by atoms with Gasteiger partial charge in [-0.1, -0.05) is 0 Å². The highest BCUT2D eigenvalue weighted by Crippen LogP contribution is 2.58. The second-order valence-corrected chi connectivity index (χ2v) is 8.81. The van der Waals surface area contributed by atoms with Crippen LogP contribution < -0.4 is 5.32 Å². The lowest BCUT2D eigenvalue weighted by Gasteiger charge is -2.58. The van der Waals surface area contributed by atoms with Gasteiger partial charge in [0.15, 0.2) is 9.84 Å². The van der Waals surface area contributed by atoms with Crippen molar-refractivity contribution in [3.8, 4) is 0 Å². The average molecular weight is 273 g/mol. The van der Waals surface area contributed by atoms with Crippen LogP contribution in [0.2, 0.25) is 0 Å². The Hall–Kier alpha value is -0.780. The molecule has 6 heteroatoms. The van der Waals surface area contributed by atoms with Gasteiger partial charge >= 0.3 is 6.09 Å². The zero-order chi connectivity index (χ0) is 13.1. The normalized spacial score (nSPS) is 46.1. The van der Waals surface area contributed by atoms with Crippen molar-refractivity contribution in [2.45, 2.75) is 42.9 Å². The summed E-state index contributed by atoms with van der Waals surface area (Å²) in [6, 6.07) is -0.0334. The summed E-state index contributed by atoms with van der Waals surface area (Å²) in [4.78, 5) is 10.8. The summed E-state index contributed by atoms with van der Waals surface area (Å²) in [6.07, 6.45) is 4.41. The van der Waals surface area contributed by atoms with Crippen LogP contribution in [-0.2, 0) is 9.84 Å². The van der Waals surface area contributed by atoms with E-state index in [0.717, 1.165) is 19.3 Å². The number of carboxylic acid groups (broad SMARTS) is 1. The minimum absolute atomic E-state index is 0.0334.